The largest absolute Gasteiger partial charge is 0.435 e. The lowest BCUT2D eigenvalue weighted by Crippen LogP contribution is -2.67. The van der Waals surface area contributed by atoms with Crippen molar-refractivity contribution in [3.8, 4) is 5.75 Å². The summed E-state index contributed by atoms with van der Waals surface area (Å²) in [4.78, 5) is 15.1. The molecule has 2 saturated carbocycles. The van der Waals surface area contributed by atoms with Crippen LogP contribution in [-0.2, 0) is 15.9 Å². The molecule has 1 N–H and O–H groups in total. The van der Waals surface area contributed by atoms with E-state index in [1.165, 1.54) is 5.56 Å². The Hall–Kier alpha value is -1.56. The van der Waals surface area contributed by atoms with Gasteiger partial charge in [-0.1, -0.05) is 18.9 Å². The van der Waals surface area contributed by atoms with E-state index in [1.54, 1.807) is 4.90 Å². The third-order valence-corrected chi connectivity index (χ3v) is 11.9. The van der Waals surface area contributed by atoms with Crippen LogP contribution in [0.2, 0.25) is 0 Å². The van der Waals surface area contributed by atoms with E-state index in [2.05, 4.69) is 30.0 Å². The first kappa shape index (κ1) is 44.2. The summed E-state index contributed by atoms with van der Waals surface area (Å²) in [7, 11) is 0. The van der Waals surface area contributed by atoms with E-state index in [9.17, 15) is 44.3 Å². The summed E-state index contributed by atoms with van der Waals surface area (Å²) >= 11 is 8.81. The highest BCUT2D eigenvalue weighted by Gasteiger charge is 2.85. The van der Waals surface area contributed by atoms with Gasteiger partial charge < -0.3 is 24.2 Å². The first-order chi connectivity index (χ1) is 25.0. The number of alkyl halides is 9. The zero-order chi connectivity index (χ0) is 39.0. The molecule has 1 aromatic carbocycles. The first-order valence-corrected chi connectivity index (χ1v) is 19.6. The molecule has 4 rings (SSSR count). The minimum Gasteiger partial charge on any atom is -0.410 e. The van der Waals surface area contributed by atoms with Gasteiger partial charge in [0.2, 0.25) is 0 Å². The van der Waals surface area contributed by atoms with Gasteiger partial charge in [0.25, 0.3) is 0 Å². The third-order valence-electron chi connectivity index (χ3n) is 11.2. The summed E-state index contributed by atoms with van der Waals surface area (Å²) in [5.41, 5.74) is -3.95. The highest BCUT2D eigenvalue weighted by molar-refractivity contribution is 7.80. The van der Waals surface area contributed by atoms with Crippen LogP contribution in [0.25, 0.3) is 0 Å². The van der Waals surface area contributed by atoms with E-state index in [-0.39, 0.29) is 37.2 Å². The number of fused-ring (bicyclic) bond motifs is 6. The van der Waals surface area contributed by atoms with Gasteiger partial charge >= 0.3 is 30.2 Å². The molecule has 0 spiro atoms. The highest BCUT2D eigenvalue weighted by atomic mass is 32.1. The molecule has 3 aliphatic carbocycles. The predicted octanol–water partition coefficient (Wildman–Crippen LogP) is 9.73. The maximum atomic E-state index is 13.4. The van der Waals surface area contributed by atoms with E-state index in [1.807, 2.05) is 18.2 Å². The Kier molecular flexibility index (Phi) is 15.9. The number of carbonyl (C=O) groups is 1. The molecule has 304 valence electrons. The van der Waals surface area contributed by atoms with Crippen molar-refractivity contribution in [3.63, 3.8) is 0 Å². The molecule has 0 heterocycles. The van der Waals surface area contributed by atoms with Gasteiger partial charge in [-0.3, -0.25) is 0 Å². The second kappa shape index (κ2) is 19.1. The lowest BCUT2D eigenvalue weighted by atomic mass is 9.66. The number of nitrogens with zero attached hydrogens (tertiary/aromatic N) is 1. The fourth-order valence-corrected chi connectivity index (χ4v) is 9.24. The molecule has 1 amide bonds. The molecule has 53 heavy (non-hydrogen) atoms. The van der Waals surface area contributed by atoms with Crippen LogP contribution in [0.1, 0.15) is 94.1 Å². The average molecular weight is 812 g/mol. The van der Waals surface area contributed by atoms with Crippen LogP contribution in [-0.4, -0.2) is 90.2 Å². The Morgan fingerprint density at radius 2 is 1.53 bits per heavy atom. The predicted molar refractivity (Wildman–Crippen MR) is 187 cm³/mol. The fraction of sp³-hybridized carbons (Fsp3) is 0.806. The van der Waals surface area contributed by atoms with Crippen LogP contribution in [0.4, 0.5) is 44.3 Å². The molecule has 1 unspecified atom stereocenters. The molecule has 0 radical (unpaired) electrons. The Labute approximate surface area is 315 Å². The number of benzene rings is 1. The minimum atomic E-state index is -6.76. The second-order valence-corrected chi connectivity index (χ2v) is 15.2. The van der Waals surface area contributed by atoms with Gasteiger partial charge in [0.05, 0.1) is 12.7 Å². The summed E-state index contributed by atoms with van der Waals surface area (Å²) in [5.74, 6) is 2.67. The van der Waals surface area contributed by atoms with Crippen LogP contribution < -0.4 is 4.74 Å². The number of hydrogen-bond donors (Lipinski definition) is 3. The Morgan fingerprint density at radius 1 is 0.849 bits per heavy atom. The smallest absolute Gasteiger partial charge is 0.410 e. The van der Waals surface area contributed by atoms with Crippen LogP contribution in [0, 0.1) is 17.8 Å². The third kappa shape index (κ3) is 10.4. The zero-order valence-corrected chi connectivity index (χ0v) is 31.2. The number of aliphatic hydroxyl groups excluding tert-OH is 1. The van der Waals surface area contributed by atoms with E-state index < -0.39 is 43.3 Å². The molecule has 6 nitrogen and oxygen atoms in total. The van der Waals surface area contributed by atoms with Gasteiger partial charge in [-0.2, -0.15) is 64.8 Å². The number of halogens is 9. The van der Waals surface area contributed by atoms with Gasteiger partial charge in [0.1, 0.15) is 5.75 Å². The molecule has 6 atom stereocenters. The van der Waals surface area contributed by atoms with Crippen LogP contribution in [0.3, 0.4) is 0 Å². The number of thiol groups is 2. The summed E-state index contributed by atoms with van der Waals surface area (Å²) in [6.45, 7) is -1.13. The number of aryl methyl sites for hydroxylation is 1. The average Bonchev–Trinajstić information content (AvgIpc) is 3.22. The lowest BCUT2D eigenvalue weighted by molar-refractivity contribution is -0.457. The molecule has 2 fully saturated rings. The van der Waals surface area contributed by atoms with Gasteiger partial charge in [-0.25, -0.2) is 4.79 Å². The molecule has 1 aromatic rings. The van der Waals surface area contributed by atoms with E-state index in [0.29, 0.717) is 54.9 Å². The Morgan fingerprint density at radius 3 is 2.17 bits per heavy atom. The van der Waals surface area contributed by atoms with Gasteiger partial charge in [0.15, 0.2) is 0 Å². The van der Waals surface area contributed by atoms with Gasteiger partial charge in [-0.15, -0.1) is 0 Å². The summed E-state index contributed by atoms with van der Waals surface area (Å²) in [6, 6.07) is 5.66. The number of unbranched alkanes of at least 4 members (excludes halogenated alkanes) is 3. The molecule has 0 saturated heterocycles. The SMILES string of the molecule is O=C(Oc1ccc2c(c1)CC[C@H]1[C@@H]3CC[C@H](OCCCOC(C(F)(F)F)(C(F)(F)F)C(F)(F)F)[C@H](CC[C@H]21)C3)N(CCCCCCO)C(CS)CCS. The van der Waals surface area contributed by atoms with Gasteiger partial charge in [0, 0.05) is 31.6 Å². The maximum absolute atomic E-state index is 13.4. The lowest BCUT2D eigenvalue weighted by Gasteiger charge is -2.40. The molecular weight excluding hydrogens is 762 g/mol. The summed E-state index contributed by atoms with van der Waals surface area (Å²) in [6.07, 6.45) is -12.0. The molecule has 3 aliphatic rings. The minimum absolute atomic E-state index is 0.0928. The zero-order valence-electron chi connectivity index (χ0n) is 29.5. The molecule has 17 heteroatoms. The van der Waals surface area contributed by atoms with E-state index in [0.717, 1.165) is 63.4 Å². The first-order valence-electron chi connectivity index (χ1n) is 18.4. The Balaban J connectivity index is 1.35. The number of ether oxygens (including phenoxy) is 3. The van der Waals surface area contributed by atoms with Crippen LogP contribution >= 0.6 is 25.3 Å². The van der Waals surface area contributed by atoms with Crippen molar-refractivity contribution < 1.29 is 63.6 Å². The van der Waals surface area contributed by atoms with Crippen molar-refractivity contribution in [2.75, 3.05) is 37.9 Å². The van der Waals surface area contributed by atoms with E-state index in [4.69, 9.17) is 14.6 Å². The van der Waals surface area contributed by atoms with Crippen molar-refractivity contribution in [3.05, 3.63) is 29.3 Å². The highest BCUT2D eigenvalue weighted by Crippen LogP contribution is 2.55. The quantitative estimate of drug-likeness (QED) is 0.0831. The van der Waals surface area contributed by atoms with Crippen LogP contribution in [0.5, 0.6) is 5.75 Å². The van der Waals surface area contributed by atoms with Crippen molar-refractivity contribution in [1.82, 2.24) is 4.90 Å². The second-order valence-electron chi connectivity index (χ2n) is 14.4. The van der Waals surface area contributed by atoms with E-state index >= 15 is 0 Å². The number of aliphatic hydroxyl groups is 1. The number of carbonyl (C=O) groups excluding carboxylic acids is 1. The molecule has 2 bridgehead atoms. The van der Waals surface area contributed by atoms with Crippen molar-refractivity contribution >= 4 is 31.4 Å². The van der Waals surface area contributed by atoms with Crippen molar-refractivity contribution in [2.45, 2.75) is 126 Å². The van der Waals surface area contributed by atoms with Crippen molar-refractivity contribution in [1.29, 1.82) is 0 Å². The van der Waals surface area contributed by atoms with Gasteiger partial charge in [-0.05, 0) is 123 Å². The molecule has 0 aliphatic heterocycles. The topological polar surface area (TPSA) is 68.2 Å². The normalized spacial score (nSPS) is 24.2. The molecule has 0 aromatic heterocycles. The summed E-state index contributed by atoms with van der Waals surface area (Å²) in [5, 5.41) is 9.07. The molecular formula is C36H50F9NO5S2. The standard InChI is InChI=1S/C36H50F9NO5S2/c37-34(38,39)33(35(40,41)42,36(43,44)45)50-18-5-17-49-31-13-8-23-20-25(31)7-11-30-28(23)10-6-24-21-27(9-12-29(24)30)51-32(48)46(26(22-53)14-19-52)15-3-1-2-4-16-47/h9,12,21,23,25-26,28,30-31,47,52-53H,1-8,10-11,13-20,22H2/t23-,25-,26?,28+,30+,31+/m1/s1. The monoisotopic (exact) mass is 811 g/mol. The number of hydrogen-bond acceptors (Lipinski definition) is 7. The summed E-state index contributed by atoms with van der Waals surface area (Å²) < 4.78 is 134. The maximum Gasteiger partial charge on any atom is 0.435 e. The van der Waals surface area contributed by atoms with Crippen molar-refractivity contribution in [2.24, 2.45) is 17.8 Å². The number of amides is 1. The fourth-order valence-electron chi connectivity index (χ4n) is 8.56. The Bertz CT molecular complexity index is 1280. The number of rotatable bonds is 17. The van der Waals surface area contributed by atoms with Crippen LogP contribution in [0.15, 0.2) is 18.2 Å².